The first-order valence-corrected chi connectivity index (χ1v) is 9.26. The molecule has 0 aliphatic carbocycles. The molecule has 8 heteroatoms. The van der Waals surface area contributed by atoms with Crippen LogP contribution in [0.4, 0.5) is 11.4 Å². The molecule has 3 rings (SSSR count). The molecule has 0 radical (unpaired) electrons. The number of fused-ring (bicyclic) bond motifs is 1. The molecule has 1 amide bonds. The van der Waals surface area contributed by atoms with Crippen LogP contribution in [0.25, 0.3) is 10.9 Å². The molecule has 0 unspecified atom stereocenters. The Balaban J connectivity index is 1.60. The van der Waals surface area contributed by atoms with E-state index in [1.54, 1.807) is 18.3 Å². The highest BCUT2D eigenvalue weighted by Crippen LogP contribution is 2.29. The molecule has 1 heterocycles. The molecule has 1 N–H and O–H groups in total. The Hall–Kier alpha value is -3.13. The maximum Gasteiger partial charge on any atom is 0.311 e. The van der Waals surface area contributed by atoms with Gasteiger partial charge in [0.05, 0.1) is 29.0 Å². The number of ether oxygens (including phenoxy) is 1. The van der Waals surface area contributed by atoms with Gasteiger partial charge in [-0.3, -0.25) is 19.9 Å². The first-order chi connectivity index (χ1) is 13.1. The number of amides is 1. The monoisotopic (exact) mass is 383 g/mol. The summed E-state index contributed by atoms with van der Waals surface area (Å²) in [5, 5.41) is 14.8. The van der Waals surface area contributed by atoms with Gasteiger partial charge in [-0.2, -0.15) is 0 Å². The van der Waals surface area contributed by atoms with Gasteiger partial charge in [-0.25, -0.2) is 0 Å². The van der Waals surface area contributed by atoms with E-state index in [1.165, 1.54) is 24.9 Å². The van der Waals surface area contributed by atoms with Crippen LogP contribution in [0.2, 0.25) is 0 Å². The van der Waals surface area contributed by atoms with E-state index >= 15 is 0 Å². The Morgan fingerprint density at radius 2 is 2.11 bits per heavy atom. The fraction of sp³-hybridized carbons (Fsp3) is 0.158. The van der Waals surface area contributed by atoms with Crippen molar-refractivity contribution in [1.29, 1.82) is 0 Å². The number of hydrogen-bond donors (Lipinski definition) is 1. The van der Waals surface area contributed by atoms with Gasteiger partial charge in [0.15, 0.2) is 5.75 Å². The summed E-state index contributed by atoms with van der Waals surface area (Å²) in [5.74, 6) is 0.793. The number of nitrogens with zero attached hydrogens (tertiary/aromatic N) is 2. The Morgan fingerprint density at radius 1 is 1.26 bits per heavy atom. The van der Waals surface area contributed by atoms with Crippen molar-refractivity contribution in [3.05, 3.63) is 70.4 Å². The summed E-state index contributed by atoms with van der Waals surface area (Å²) >= 11 is 1.38. The molecule has 1 aromatic heterocycles. The second-order valence-electron chi connectivity index (χ2n) is 5.68. The quantitative estimate of drug-likeness (QED) is 0.489. The standard InChI is InChI=1S/C19H17N3O4S/c1-26-18-8-7-13(10-17(18)22(24)25)11-27-12-19(23)21-16-6-2-5-15-14(16)4-3-9-20-15/h2-10H,11-12H2,1H3,(H,21,23). The summed E-state index contributed by atoms with van der Waals surface area (Å²) in [7, 11) is 1.39. The van der Waals surface area contributed by atoms with Gasteiger partial charge in [-0.1, -0.05) is 12.1 Å². The SMILES string of the molecule is COc1ccc(CSCC(=O)Nc2cccc3ncccc23)cc1[N+](=O)[O-]. The van der Waals surface area contributed by atoms with E-state index in [4.69, 9.17) is 4.74 Å². The number of thioether (sulfide) groups is 1. The normalized spacial score (nSPS) is 10.6. The minimum absolute atomic E-state index is 0.0803. The van der Waals surface area contributed by atoms with Crippen LogP contribution in [-0.2, 0) is 10.5 Å². The third kappa shape index (κ3) is 4.53. The maximum atomic E-state index is 12.2. The number of carbonyl (C=O) groups excluding carboxylic acids is 1. The molecule has 7 nitrogen and oxygen atoms in total. The van der Waals surface area contributed by atoms with Gasteiger partial charge in [-0.05, 0) is 35.9 Å². The Labute approximate surface area is 159 Å². The average Bonchev–Trinajstić information content (AvgIpc) is 2.68. The Morgan fingerprint density at radius 3 is 2.89 bits per heavy atom. The molecule has 138 valence electrons. The van der Waals surface area contributed by atoms with Crippen LogP contribution in [0, 0.1) is 10.1 Å². The Kier molecular flexibility index (Phi) is 5.87. The van der Waals surface area contributed by atoms with Crippen molar-refractivity contribution in [2.75, 3.05) is 18.2 Å². The number of methoxy groups -OCH3 is 1. The van der Waals surface area contributed by atoms with Gasteiger partial charge in [0.1, 0.15) is 0 Å². The lowest BCUT2D eigenvalue weighted by atomic mass is 10.2. The Bertz CT molecular complexity index is 988. The molecule has 0 aliphatic rings. The molecule has 2 aromatic carbocycles. The van der Waals surface area contributed by atoms with E-state index in [-0.39, 0.29) is 23.1 Å². The van der Waals surface area contributed by atoms with E-state index in [9.17, 15) is 14.9 Å². The van der Waals surface area contributed by atoms with Crippen LogP contribution in [0.15, 0.2) is 54.7 Å². The average molecular weight is 383 g/mol. The number of benzene rings is 2. The molecule has 0 saturated carbocycles. The van der Waals surface area contributed by atoms with Crippen LogP contribution in [0.3, 0.4) is 0 Å². The van der Waals surface area contributed by atoms with E-state index in [0.29, 0.717) is 11.4 Å². The van der Waals surface area contributed by atoms with E-state index < -0.39 is 4.92 Å². The lowest BCUT2D eigenvalue weighted by molar-refractivity contribution is -0.385. The minimum atomic E-state index is -0.478. The van der Waals surface area contributed by atoms with Crippen molar-refractivity contribution in [2.24, 2.45) is 0 Å². The van der Waals surface area contributed by atoms with Crippen LogP contribution in [-0.4, -0.2) is 28.7 Å². The highest BCUT2D eigenvalue weighted by molar-refractivity contribution is 7.99. The number of pyridine rings is 1. The van der Waals surface area contributed by atoms with Crippen LogP contribution >= 0.6 is 11.8 Å². The van der Waals surface area contributed by atoms with Crippen LogP contribution < -0.4 is 10.1 Å². The highest BCUT2D eigenvalue weighted by atomic mass is 32.2. The fourth-order valence-corrected chi connectivity index (χ4v) is 3.40. The van der Waals surface area contributed by atoms with Crippen molar-refractivity contribution in [3.63, 3.8) is 0 Å². The van der Waals surface area contributed by atoms with Gasteiger partial charge >= 0.3 is 5.69 Å². The van der Waals surface area contributed by atoms with Crippen LogP contribution in [0.1, 0.15) is 5.56 Å². The van der Waals surface area contributed by atoms with E-state index in [0.717, 1.165) is 16.5 Å². The molecular formula is C19H17N3O4S. The van der Waals surface area contributed by atoms with Crippen molar-refractivity contribution in [1.82, 2.24) is 4.98 Å². The van der Waals surface area contributed by atoms with Gasteiger partial charge in [-0.15, -0.1) is 11.8 Å². The van der Waals surface area contributed by atoms with Gasteiger partial charge in [0.25, 0.3) is 0 Å². The zero-order valence-electron chi connectivity index (χ0n) is 14.5. The molecule has 0 bridgehead atoms. The molecule has 0 aliphatic heterocycles. The first-order valence-electron chi connectivity index (χ1n) is 8.11. The summed E-state index contributed by atoms with van der Waals surface area (Å²) in [5.41, 5.74) is 2.21. The number of rotatable bonds is 7. The predicted molar refractivity (Wildman–Crippen MR) is 106 cm³/mol. The summed E-state index contributed by atoms with van der Waals surface area (Å²) in [6.45, 7) is 0. The van der Waals surface area contributed by atoms with Crippen LogP contribution in [0.5, 0.6) is 5.75 Å². The highest BCUT2D eigenvalue weighted by Gasteiger charge is 2.15. The number of nitro groups is 1. The lowest BCUT2D eigenvalue weighted by Gasteiger charge is -2.08. The molecular weight excluding hydrogens is 366 g/mol. The smallest absolute Gasteiger partial charge is 0.311 e. The van der Waals surface area contributed by atoms with Crippen molar-refractivity contribution in [3.8, 4) is 5.75 Å². The molecule has 0 atom stereocenters. The number of aromatic nitrogens is 1. The molecule has 3 aromatic rings. The second-order valence-corrected chi connectivity index (χ2v) is 6.67. The predicted octanol–water partition coefficient (Wildman–Crippen LogP) is 4.02. The van der Waals surface area contributed by atoms with Gasteiger partial charge in [0.2, 0.25) is 5.91 Å². The zero-order chi connectivity index (χ0) is 19.2. The molecule has 0 fully saturated rings. The number of nitro benzene ring substituents is 1. The fourth-order valence-electron chi connectivity index (χ4n) is 2.63. The summed E-state index contributed by atoms with van der Waals surface area (Å²) in [6.07, 6.45) is 1.71. The summed E-state index contributed by atoms with van der Waals surface area (Å²) in [4.78, 5) is 27.1. The lowest BCUT2D eigenvalue weighted by Crippen LogP contribution is -2.14. The third-order valence-corrected chi connectivity index (χ3v) is 4.87. The first kappa shape index (κ1) is 18.7. The number of nitrogens with one attached hydrogen (secondary N) is 1. The van der Waals surface area contributed by atoms with E-state index in [2.05, 4.69) is 10.3 Å². The van der Waals surface area contributed by atoms with Crippen molar-refractivity contribution in [2.45, 2.75) is 5.75 Å². The number of anilines is 1. The summed E-state index contributed by atoms with van der Waals surface area (Å²) in [6, 6.07) is 14.1. The largest absolute Gasteiger partial charge is 0.490 e. The zero-order valence-corrected chi connectivity index (χ0v) is 15.4. The molecule has 0 spiro atoms. The second kappa shape index (κ2) is 8.50. The maximum absolute atomic E-state index is 12.2. The molecule has 0 saturated heterocycles. The van der Waals surface area contributed by atoms with Crippen molar-refractivity contribution < 1.29 is 14.5 Å². The number of carbonyl (C=O) groups is 1. The minimum Gasteiger partial charge on any atom is -0.490 e. The van der Waals surface area contributed by atoms with Crippen molar-refractivity contribution >= 4 is 39.9 Å². The third-order valence-electron chi connectivity index (χ3n) is 3.86. The molecule has 27 heavy (non-hydrogen) atoms. The summed E-state index contributed by atoms with van der Waals surface area (Å²) < 4.78 is 4.99. The topological polar surface area (TPSA) is 94.4 Å². The van der Waals surface area contributed by atoms with Gasteiger partial charge < -0.3 is 10.1 Å². The van der Waals surface area contributed by atoms with Gasteiger partial charge in [0, 0.05) is 23.4 Å². The number of hydrogen-bond acceptors (Lipinski definition) is 6. The van der Waals surface area contributed by atoms with E-state index in [1.807, 2.05) is 30.3 Å².